The van der Waals surface area contributed by atoms with Crippen LogP contribution in [0.3, 0.4) is 0 Å². The fourth-order valence-electron chi connectivity index (χ4n) is 3.48. The lowest BCUT2D eigenvalue weighted by molar-refractivity contribution is 0.215. The van der Waals surface area contributed by atoms with E-state index >= 15 is 0 Å². The number of halogens is 1. The van der Waals surface area contributed by atoms with E-state index in [-0.39, 0.29) is 30.0 Å². The van der Waals surface area contributed by atoms with Crippen molar-refractivity contribution in [2.75, 3.05) is 33.3 Å². The first-order valence-electron chi connectivity index (χ1n) is 9.85. The van der Waals surface area contributed by atoms with Gasteiger partial charge in [0.1, 0.15) is 18.1 Å². The molecule has 0 bridgehead atoms. The van der Waals surface area contributed by atoms with Crippen LogP contribution >= 0.6 is 24.0 Å². The summed E-state index contributed by atoms with van der Waals surface area (Å²) in [7, 11) is 1.78. The summed E-state index contributed by atoms with van der Waals surface area (Å²) in [6.45, 7) is 7.77. The number of likely N-dealkylation sites (tertiary alicyclic amines) is 1. The van der Waals surface area contributed by atoms with Gasteiger partial charge in [-0.15, -0.1) is 24.0 Å². The predicted octanol–water partition coefficient (Wildman–Crippen LogP) is 3.96. The Morgan fingerprint density at radius 2 is 2.03 bits per heavy atom. The third-order valence-corrected chi connectivity index (χ3v) is 4.92. The number of ether oxygens (including phenoxy) is 1. The van der Waals surface area contributed by atoms with Crippen LogP contribution in [-0.2, 0) is 6.54 Å². The van der Waals surface area contributed by atoms with Crippen LogP contribution in [-0.4, -0.2) is 44.1 Å². The molecule has 1 unspecified atom stereocenters. The van der Waals surface area contributed by atoms with Crippen molar-refractivity contribution in [2.24, 2.45) is 4.99 Å². The maximum atomic E-state index is 5.73. The molecule has 2 N–H and O–H groups in total. The molecule has 1 aromatic heterocycles. The molecule has 2 heterocycles. The van der Waals surface area contributed by atoms with Crippen LogP contribution in [0.5, 0.6) is 5.75 Å². The Balaban J connectivity index is 0.00000300. The summed E-state index contributed by atoms with van der Waals surface area (Å²) >= 11 is 0. The number of hydrogen-bond donors (Lipinski definition) is 2. The zero-order valence-corrected chi connectivity index (χ0v) is 19.3. The van der Waals surface area contributed by atoms with Gasteiger partial charge in [0.25, 0.3) is 0 Å². The van der Waals surface area contributed by atoms with Crippen molar-refractivity contribution >= 4 is 29.9 Å². The smallest absolute Gasteiger partial charge is 0.191 e. The highest BCUT2D eigenvalue weighted by Crippen LogP contribution is 2.25. The Labute approximate surface area is 190 Å². The Hall–Kier alpha value is -2.00. The van der Waals surface area contributed by atoms with Gasteiger partial charge < -0.3 is 19.8 Å². The van der Waals surface area contributed by atoms with Gasteiger partial charge in [-0.3, -0.25) is 9.89 Å². The molecule has 3 rings (SSSR count). The molecule has 29 heavy (non-hydrogen) atoms. The summed E-state index contributed by atoms with van der Waals surface area (Å²) in [5.41, 5.74) is 1.08. The topological polar surface area (TPSA) is 62.0 Å². The van der Waals surface area contributed by atoms with Gasteiger partial charge in [0, 0.05) is 25.7 Å². The molecule has 6 nitrogen and oxygen atoms in total. The number of aliphatic imine (C=N–C) groups is 1. The number of furan rings is 1. The Morgan fingerprint density at radius 3 is 2.72 bits per heavy atom. The number of benzene rings is 1. The Morgan fingerprint density at radius 1 is 1.24 bits per heavy atom. The van der Waals surface area contributed by atoms with E-state index in [1.807, 2.05) is 30.3 Å². The van der Waals surface area contributed by atoms with E-state index in [9.17, 15) is 0 Å². The number of nitrogens with zero attached hydrogens (tertiary/aromatic N) is 2. The Bertz CT molecular complexity index is 758. The minimum absolute atomic E-state index is 0. The van der Waals surface area contributed by atoms with Crippen LogP contribution in [0.2, 0.25) is 0 Å². The SMILES string of the molecule is C=CCOc1ccccc1CNC(=NC)NCC(c1ccco1)N1CCCC1.I. The fraction of sp³-hybridized carbons (Fsp3) is 0.409. The zero-order valence-electron chi connectivity index (χ0n) is 17.0. The largest absolute Gasteiger partial charge is 0.489 e. The van der Waals surface area contributed by atoms with Crippen molar-refractivity contribution in [1.29, 1.82) is 0 Å². The van der Waals surface area contributed by atoms with Crippen LogP contribution in [0, 0.1) is 0 Å². The third kappa shape index (κ3) is 6.78. The summed E-state index contributed by atoms with van der Waals surface area (Å²) in [5.74, 6) is 2.61. The summed E-state index contributed by atoms with van der Waals surface area (Å²) in [4.78, 5) is 6.83. The molecule has 1 fully saturated rings. The highest BCUT2D eigenvalue weighted by molar-refractivity contribution is 14.0. The first kappa shape index (κ1) is 23.3. The first-order valence-corrected chi connectivity index (χ1v) is 9.85. The second-order valence-electron chi connectivity index (χ2n) is 6.79. The molecular weight excluding hydrogens is 479 g/mol. The van der Waals surface area contributed by atoms with E-state index in [4.69, 9.17) is 9.15 Å². The van der Waals surface area contributed by atoms with Crippen LogP contribution < -0.4 is 15.4 Å². The van der Waals surface area contributed by atoms with E-state index in [1.54, 1.807) is 19.4 Å². The number of rotatable bonds is 9. The number of hydrogen-bond acceptors (Lipinski definition) is 4. The molecule has 1 atom stereocenters. The summed E-state index contributed by atoms with van der Waals surface area (Å²) in [6, 6.07) is 12.2. The standard InChI is InChI=1S/C22H30N4O2.HI/c1-3-14-27-20-10-5-4-9-18(20)16-24-22(23-2)25-17-19(21-11-8-15-28-21)26-12-6-7-13-26;/h3-5,8-11,15,19H,1,6-7,12-14,16-17H2,2H3,(H2,23,24,25);1H. The minimum atomic E-state index is 0. The third-order valence-electron chi connectivity index (χ3n) is 4.92. The average Bonchev–Trinajstić information content (AvgIpc) is 3.44. The summed E-state index contributed by atoms with van der Waals surface area (Å²) in [6.07, 6.45) is 5.97. The van der Waals surface area contributed by atoms with Crippen LogP contribution in [0.25, 0.3) is 0 Å². The molecule has 2 aromatic rings. The molecule has 1 aliphatic rings. The van der Waals surface area contributed by atoms with Gasteiger partial charge in [0.2, 0.25) is 0 Å². The van der Waals surface area contributed by atoms with Gasteiger partial charge in [-0.25, -0.2) is 0 Å². The van der Waals surface area contributed by atoms with Gasteiger partial charge in [0.15, 0.2) is 5.96 Å². The number of para-hydroxylation sites is 1. The molecule has 1 aromatic carbocycles. The molecule has 0 radical (unpaired) electrons. The van der Waals surface area contributed by atoms with Gasteiger partial charge in [0.05, 0.1) is 12.3 Å². The van der Waals surface area contributed by atoms with E-state index in [0.717, 1.165) is 42.7 Å². The number of nitrogens with one attached hydrogen (secondary N) is 2. The highest BCUT2D eigenvalue weighted by Gasteiger charge is 2.25. The van der Waals surface area contributed by atoms with E-state index in [1.165, 1.54) is 12.8 Å². The molecular formula is C22H31IN4O2. The van der Waals surface area contributed by atoms with Crippen LogP contribution in [0.15, 0.2) is 64.7 Å². The molecule has 1 aliphatic heterocycles. The van der Waals surface area contributed by atoms with Crippen molar-refractivity contribution in [3.63, 3.8) is 0 Å². The minimum Gasteiger partial charge on any atom is -0.489 e. The van der Waals surface area contributed by atoms with E-state index < -0.39 is 0 Å². The normalized spacial score (nSPS) is 15.4. The van der Waals surface area contributed by atoms with Gasteiger partial charge >= 0.3 is 0 Å². The first-order chi connectivity index (χ1) is 13.8. The van der Waals surface area contributed by atoms with Crippen LogP contribution in [0.1, 0.15) is 30.2 Å². The van der Waals surface area contributed by atoms with Crippen LogP contribution in [0.4, 0.5) is 0 Å². The van der Waals surface area contributed by atoms with Crippen molar-refractivity contribution in [3.05, 3.63) is 66.6 Å². The fourth-order valence-corrected chi connectivity index (χ4v) is 3.48. The van der Waals surface area contributed by atoms with Crippen molar-refractivity contribution < 1.29 is 9.15 Å². The van der Waals surface area contributed by atoms with Gasteiger partial charge in [-0.2, -0.15) is 0 Å². The highest BCUT2D eigenvalue weighted by atomic mass is 127. The average molecular weight is 510 g/mol. The van der Waals surface area contributed by atoms with Gasteiger partial charge in [-0.1, -0.05) is 30.9 Å². The molecule has 0 amide bonds. The lowest BCUT2D eigenvalue weighted by atomic mass is 10.2. The van der Waals surface area contributed by atoms with Gasteiger partial charge in [-0.05, 0) is 44.1 Å². The van der Waals surface area contributed by atoms with Crippen molar-refractivity contribution in [1.82, 2.24) is 15.5 Å². The molecule has 158 valence electrons. The lowest BCUT2D eigenvalue weighted by Gasteiger charge is -2.26. The van der Waals surface area contributed by atoms with E-state index in [0.29, 0.717) is 13.2 Å². The van der Waals surface area contributed by atoms with E-state index in [2.05, 4.69) is 33.2 Å². The maximum Gasteiger partial charge on any atom is 0.191 e. The lowest BCUT2D eigenvalue weighted by Crippen LogP contribution is -2.42. The molecule has 7 heteroatoms. The second-order valence-corrected chi connectivity index (χ2v) is 6.79. The molecule has 0 aliphatic carbocycles. The molecule has 1 saturated heterocycles. The maximum absolute atomic E-state index is 5.73. The summed E-state index contributed by atoms with van der Waals surface area (Å²) < 4.78 is 11.4. The van der Waals surface area contributed by atoms with Crippen molar-refractivity contribution in [2.45, 2.75) is 25.4 Å². The zero-order chi connectivity index (χ0) is 19.6. The quantitative estimate of drug-likeness (QED) is 0.232. The molecule has 0 saturated carbocycles. The monoisotopic (exact) mass is 510 g/mol. The predicted molar refractivity (Wildman–Crippen MR) is 128 cm³/mol. The second kappa shape index (κ2) is 12.5. The summed E-state index contributed by atoms with van der Waals surface area (Å²) in [5, 5.41) is 6.83. The van der Waals surface area contributed by atoms with Crippen molar-refractivity contribution in [3.8, 4) is 5.75 Å². The number of guanidine groups is 1. The molecule has 0 spiro atoms. The Kier molecular flexibility index (Phi) is 10.1.